The van der Waals surface area contributed by atoms with Crippen LogP contribution in [-0.2, 0) is 22.8 Å². The van der Waals surface area contributed by atoms with E-state index in [0.29, 0.717) is 44.9 Å². The number of fused-ring (bicyclic) bond motifs is 1. The van der Waals surface area contributed by atoms with E-state index < -0.39 is 9.84 Å². The number of carbonyl (C=O) groups is 1. The number of carbonyl (C=O) groups excluding carboxylic acids is 1. The zero-order valence-electron chi connectivity index (χ0n) is 20.2. The van der Waals surface area contributed by atoms with Crippen molar-refractivity contribution in [2.75, 3.05) is 11.6 Å². The summed E-state index contributed by atoms with van der Waals surface area (Å²) in [6, 6.07) is 10.5. The van der Waals surface area contributed by atoms with E-state index in [1.165, 1.54) is 22.8 Å². The lowest BCUT2D eigenvalue weighted by atomic mass is 9.98. The smallest absolute Gasteiger partial charge is 0.263 e. The maximum Gasteiger partial charge on any atom is 0.263 e. The van der Waals surface area contributed by atoms with Gasteiger partial charge in [-0.3, -0.25) is 9.59 Å². The van der Waals surface area contributed by atoms with E-state index in [4.69, 9.17) is 28.2 Å². The summed E-state index contributed by atoms with van der Waals surface area (Å²) in [4.78, 5) is 33.6. The summed E-state index contributed by atoms with van der Waals surface area (Å²) in [5.41, 5.74) is 1.66. The minimum absolute atomic E-state index is 0.0343. The standard InChI is InChI=1S/C25H26Cl2N4O4S/c1-14(2)28-25-29-22-13-30(23(32)16-5-10-20(26)21(27)12-16)15(3)11-19(22)24(33)31(25)17-6-8-18(9-7-17)36(4,34)35/h5-10,12,14-15H,11,13H2,1-4H3,(H,28,29). The van der Waals surface area contributed by atoms with Gasteiger partial charge in [0.2, 0.25) is 5.95 Å². The van der Waals surface area contributed by atoms with Crippen LogP contribution in [-0.4, -0.2) is 47.1 Å². The molecular formula is C25H26Cl2N4O4S. The van der Waals surface area contributed by atoms with Gasteiger partial charge in [-0.1, -0.05) is 23.2 Å². The Hall–Kier alpha value is -2.88. The molecule has 4 rings (SSSR count). The van der Waals surface area contributed by atoms with Crippen LogP contribution in [0.4, 0.5) is 5.95 Å². The van der Waals surface area contributed by atoms with Crippen LogP contribution in [0.5, 0.6) is 0 Å². The van der Waals surface area contributed by atoms with Gasteiger partial charge in [-0.25, -0.2) is 18.0 Å². The van der Waals surface area contributed by atoms with Crippen LogP contribution in [0.2, 0.25) is 10.0 Å². The van der Waals surface area contributed by atoms with Crippen molar-refractivity contribution >= 4 is 44.9 Å². The average Bonchev–Trinajstić information content (AvgIpc) is 2.80. The molecule has 2 aromatic carbocycles. The summed E-state index contributed by atoms with van der Waals surface area (Å²) in [7, 11) is -3.38. The Morgan fingerprint density at radius 2 is 1.78 bits per heavy atom. The monoisotopic (exact) mass is 548 g/mol. The molecule has 8 nitrogen and oxygen atoms in total. The number of amides is 1. The van der Waals surface area contributed by atoms with Crippen molar-refractivity contribution in [3.8, 4) is 5.69 Å². The van der Waals surface area contributed by atoms with E-state index >= 15 is 0 Å². The summed E-state index contributed by atoms with van der Waals surface area (Å²) >= 11 is 12.1. The normalized spacial score (nSPS) is 15.6. The Labute approximate surface area is 219 Å². The SMILES string of the molecule is CC(C)Nc1nc2c(c(=O)n1-c1ccc(S(C)(=O)=O)cc1)CC(C)N(C(=O)c1ccc(Cl)c(Cl)c1)C2. The van der Waals surface area contributed by atoms with Crippen molar-refractivity contribution in [1.29, 1.82) is 0 Å². The zero-order valence-corrected chi connectivity index (χ0v) is 22.6. The van der Waals surface area contributed by atoms with Crippen molar-refractivity contribution in [1.82, 2.24) is 14.5 Å². The second kappa shape index (κ2) is 9.88. The molecule has 190 valence electrons. The van der Waals surface area contributed by atoms with E-state index in [9.17, 15) is 18.0 Å². The van der Waals surface area contributed by atoms with Crippen molar-refractivity contribution in [3.63, 3.8) is 0 Å². The van der Waals surface area contributed by atoms with E-state index in [2.05, 4.69) is 5.32 Å². The van der Waals surface area contributed by atoms with Gasteiger partial charge in [0.25, 0.3) is 11.5 Å². The first kappa shape index (κ1) is 26.2. The molecule has 11 heteroatoms. The highest BCUT2D eigenvalue weighted by Crippen LogP contribution is 2.27. The summed E-state index contributed by atoms with van der Waals surface area (Å²) in [5.74, 6) is 0.0878. The molecule has 0 aliphatic carbocycles. The van der Waals surface area contributed by atoms with Gasteiger partial charge < -0.3 is 10.2 Å². The molecule has 0 saturated heterocycles. The number of nitrogens with one attached hydrogen (secondary N) is 1. The first-order chi connectivity index (χ1) is 16.9. The van der Waals surface area contributed by atoms with Crippen molar-refractivity contribution in [2.24, 2.45) is 0 Å². The van der Waals surface area contributed by atoms with Crippen LogP contribution in [0, 0.1) is 0 Å². The molecule has 1 aromatic heterocycles. The van der Waals surface area contributed by atoms with Gasteiger partial charge in [-0.15, -0.1) is 0 Å². The molecule has 2 heterocycles. The van der Waals surface area contributed by atoms with E-state index in [1.54, 1.807) is 29.2 Å². The minimum atomic E-state index is -3.38. The topological polar surface area (TPSA) is 101 Å². The largest absolute Gasteiger partial charge is 0.353 e. The van der Waals surface area contributed by atoms with Crippen LogP contribution in [0.3, 0.4) is 0 Å². The first-order valence-electron chi connectivity index (χ1n) is 11.3. The van der Waals surface area contributed by atoms with Crippen LogP contribution >= 0.6 is 23.2 Å². The van der Waals surface area contributed by atoms with Crippen LogP contribution in [0.25, 0.3) is 5.69 Å². The molecule has 1 amide bonds. The summed E-state index contributed by atoms with van der Waals surface area (Å²) in [5, 5.41) is 3.86. The van der Waals surface area contributed by atoms with Gasteiger partial charge in [0.1, 0.15) is 0 Å². The molecule has 3 aromatic rings. The molecule has 1 aliphatic heterocycles. The molecule has 0 spiro atoms. The fourth-order valence-corrected chi connectivity index (χ4v) is 5.09. The number of sulfone groups is 1. The fourth-order valence-electron chi connectivity index (χ4n) is 4.16. The third-order valence-electron chi connectivity index (χ3n) is 5.98. The molecule has 36 heavy (non-hydrogen) atoms. The molecule has 0 saturated carbocycles. The molecular weight excluding hydrogens is 523 g/mol. The molecule has 0 radical (unpaired) electrons. The highest BCUT2D eigenvalue weighted by Gasteiger charge is 2.32. The average molecular weight is 549 g/mol. The molecule has 0 bridgehead atoms. The van der Waals surface area contributed by atoms with Gasteiger partial charge in [0, 0.05) is 29.5 Å². The third kappa shape index (κ3) is 5.14. The van der Waals surface area contributed by atoms with Crippen LogP contribution in [0.1, 0.15) is 42.4 Å². The van der Waals surface area contributed by atoms with Crippen molar-refractivity contribution < 1.29 is 13.2 Å². The Balaban J connectivity index is 1.78. The lowest BCUT2D eigenvalue weighted by molar-refractivity contribution is 0.0653. The Kier molecular flexibility index (Phi) is 7.19. The first-order valence-corrected chi connectivity index (χ1v) is 14.0. The predicted octanol–water partition coefficient (Wildman–Crippen LogP) is 4.35. The van der Waals surface area contributed by atoms with E-state index in [0.717, 1.165) is 6.26 Å². The van der Waals surface area contributed by atoms with E-state index in [1.807, 2.05) is 20.8 Å². The van der Waals surface area contributed by atoms with Gasteiger partial charge in [0.05, 0.1) is 32.9 Å². The molecule has 0 fully saturated rings. The summed E-state index contributed by atoms with van der Waals surface area (Å²) in [6.45, 7) is 5.88. The highest BCUT2D eigenvalue weighted by atomic mass is 35.5. The molecule has 1 aliphatic rings. The summed E-state index contributed by atoms with van der Waals surface area (Å²) < 4.78 is 25.2. The molecule has 1 unspecified atom stereocenters. The number of aromatic nitrogens is 2. The van der Waals surface area contributed by atoms with Gasteiger partial charge >= 0.3 is 0 Å². The number of halogens is 2. The lowest BCUT2D eigenvalue weighted by Crippen LogP contribution is -2.46. The quantitative estimate of drug-likeness (QED) is 0.508. The van der Waals surface area contributed by atoms with Gasteiger partial charge in [0.15, 0.2) is 9.84 Å². The number of nitrogens with zero attached hydrogens (tertiary/aromatic N) is 3. The van der Waals surface area contributed by atoms with Gasteiger partial charge in [-0.05, 0) is 69.7 Å². The Morgan fingerprint density at radius 3 is 2.36 bits per heavy atom. The minimum Gasteiger partial charge on any atom is -0.353 e. The Bertz CT molecular complexity index is 1500. The Morgan fingerprint density at radius 1 is 1.11 bits per heavy atom. The van der Waals surface area contributed by atoms with E-state index in [-0.39, 0.29) is 35.0 Å². The van der Waals surface area contributed by atoms with Crippen molar-refractivity contribution in [2.45, 2.75) is 50.7 Å². The number of hydrogen-bond donors (Lipinski definition) is 1. The second-order valence-corrected chi connectivity index (χ2v) is 12.0. The summed E-state index contributed by atoms with van der Waals surface area (Å²) in [6.07, 6.45) is 1.45. The zero-order chi connectivity index (χ0) is 26.4. The maximum absolute atomic E-state index is 13.7. The molecule has 1 N–H and O–H groups in total. The number of anilines is 1. The maximum atomic E-state index is 13.7. The van der Waals surface area contributed by atoms with Crippen LogP contribution in [0.15, 0.2) is 52.2 Å². The molecule has 1 atom stereocenters. The number of benzene rings is 2. The number of hydrogen-bond acceptors (Lipinski definition) is 6. The second-order valence-electron chi connectivity index (χ2n) is 9.18. The fraction of sp³-hybridized carbons (Fsp3) is 0.320. The van der Waals surface area contributed by atoms with Gasteiger partial charge in [-0.2, -0.15) is 0 Å². The third-order valence-corrected chi connectivity index (χ3v) is 7.85. The number of rotatable bonds is 5. The highest BCUT2D eigenvalue weighted by molar-refractivity contribution is 7.90. The van der Waals surface area contributed by atoms with Crippen LogP contribution < -0.4 is 10.9 Å². The predicted molar refractivity (Wildman–Crippen MR) is 141 cm³/mol. The lowest BCUT2D eigenvalue weighted by Gasteiger charge is -2.34. The van der Waals surface area contributed by atoms with Crippen molar-refractivity contribution in [3.05, 3.63) is 79.7 Å².